The van der Waals surface area contributed by atoms with Gasteiger partial charge in [-0.2, -0.15) is 4.68 Å². The molecule has 0 amide bonds. The molecule has 2 heterocycles. The third-order valence-electron chi connectivity index (χ3n) is 2.86. The molecule has 6 nitrogen and oxygen atoms in total. The van der Waals surface area contributed by atoms with Crippen molar-refractivity contribution >= 4 is 16.9 Å². The molecule has 0 atom stereocenters. The second-order valence-electron chi connectivity index (χ2n) is 3.90. The number of benzene rings is 1. The summed E-state index contributed by atoms with van der Waals surface area (Å²) in [4.78, 5) is 8.28. The summed E-state index contributed by atoms with van der Waals surface area (Å²) in [5.74, 6) is 1.18. The van der Waals surface area contributed by atoms with Crippen molar-refractivity contribution in [3.8, 4) is 5.82 Å². The van der Waals surface area contributed by atoms with E-state index in [4.69, 9.17) is 5.73 Å². The fourth-order valence-corrected chi connectivity index (χ4v) is 1.96. The van der Waals surface area contributed by atoms with Gasteiger partial charge >= 0.3 is 0 Å². The summed E-state index contributed by atoms with van der Waals surface area (Å²) >= 11 is 0. The standard InChI is InChI=1S/C12H12N6/c1-2-8-11(13)14-7-15-12(8)18-10-6-4-3-5-9(10)16-17-18/h3-7H,2H2,1H3,(H2,13,14,15). The van der Waals surface area contributed by atoms with Crippen molar-refractivity contribution < 1.29 is 0 Å². The average molecular weight is 240 g/mol. The molecule has 0 saturated carbocycles. The number of hydrogen-bond acceptors (Lipinski definition) is 5. The Kier molecular flexibility index (Phi) is 2.40. The highest BCUT2D eigenvalue weighted by atomic mass is 15.4. The zero-order valence-electron chi connectivity index (χ0n) is 9.91. The lowest BCUT2D eigenvalue weighted by atomic mass is 10.2. The highest BCUT2D eigenvalue weighted by molar-refractivity contribution is 5.76. The molecule has 1 aromatic carbocycles. The zero-order chi connectivity index (χ0) is 12.5. The first-order valence-electron chi connectivity index (χ1n) is 5.71. The maximum absolute atomic E-state index is 5.87. The van der Waals surface area contributed by atoms with Crippen LogP contribution in [0, 0.1) is 0 Å². The van der Waals surface area contributed by atoms with E-state index in [1.807, 2.05) is 31.2 Å². The number of hydrogen-bond donors (Lipinski definition) is 1. The molecule has 0 spiro atoms. The lowest BCUT2D eigenvalue weighted by molar-refractivity contribution is 0.784. The van der Waals surface area contributed by atoms with Crippen LogP contribution in [-0.2, 0) is 6.42 Å². The van der Waals surface area contributed by atoms with E-state index in [0.29, 0.717) is 11.6 Å². The van der Waals surface area contributed by atoms with Gasteiger partial charge in [0.15, 0.2) is 5.82 Å². The molecular formula is C12H12N6. The Morgan fingerprint density at radius 3 is 2.89 bits per heavy atom. The number of nitrogen functional groups attached to an aromatic ring is 1. The van der Waals surface area contributed by atoms with Crippen molar-refractivity contribution in [3.05, 3.63) is 36.2 Å². The highest BCUT2D eigenvalue weighted by Gasteiger charge is 2.13. The molecule has 3 aromatic rings. The highest BCUT2D eigenvalue weighted by Crippen LogP contribution is 2.20. The van der Waals surface area contributed by atoms with E-state index in [9.17, 15) is 0 Å². The molecule has 18 heavy (non-hydrogen) atoms. The molecule has 0 aliphatic heterocycles. The fraction of sp³-hybridized carbons (Fsp3) is 0.167. The summed E-state index contributed by atoms with van der Waals surface area (Å²) < 4.78 is 1.70. The molecule has 0 bridgehead atoms. The second kappa shape index (κ2) is 4.06. The van der Waals surface area contributed by atoms with Crippen LogP contribution in [0.15, 0.2) is 30.6 Å². The van der Waals surface area contributed by atoms with Crippen molar-refractivity contribution in [2.45, 2.75) is 13.3 Å². The van der Waals surface area contributed by atoms with Gasteiger partial charge in [0.2, 0.25) is 0 Å². The third kappa shape index (κ3) is 1.50. The molecule has 3 rings (SSSR count). The van der Waals surface area contributed by atoms with Crippen molar-refractivity contribution in [1.29, 1.82) is 0 Å². The SMILES string of the molecule is CCc1c(N)ncnc1-n1nnc2ccccc21. The fourth-order valence-electron chi connectivity index (χ4n) is 1.96. The van der Waals surface area contributed by atoms with Crippen LogP contribution >= 0.6 is 0 Å². The van der Waals surface area contributed by atoms with Gasteiger partial charge in [-0.1, -0.05) is 24.3 Å². The normalized spacial score (nSPS) is 10.9. The quantitative estimate of drug-likeness (QED) is 0.731. The average Bonchev–Trinajstić information content (AvgIpc) is 2.82. The van der Waals surface area contributed by atoms with E-state index in [0.717, 1.165) is 23.0 Å². The Bertz CT molecular complexity index is 703. The van der Waals surface area contributed by atoms with E-state index in [2.05, 4.69) is 20.3 Å². The van der Waals surface area contributed by atoms with Gasteiger partial charge in [-0.05, 0) is 18.6 Å². The lowest BCUT2D eigenvalue weighted by Gasteiger charge is -2.08. The monoisotopic (exact) mass is 240 g/mol. The van der Waals surface area contributed by atoms with Crippen LogP contribution in [0.4, 0.5) is 5.82 Å². The largest absolute Gasteiger partial charge is 0.383 e. The van der Waals surface area contributed by atoms with Gasteiger partial charge < -0.3 is 5.73 Å². The summed E-state index contributed by atoms with van der Waals surface area (Å²) in [5.41, 5.74) is 8.49. The Morgan fingerprint density at radius 2 is 2.06 bits per heavy atom. The first-order chi connectivity index (χ1) is 8.81. The van der Waals surface area contributed by atoms with Crippen LogP contribution in [0.5, 0.6) is 0 Å². The van der Waals surface area contributed by atoms with Gasteiger partial charge in [-0.15, -0.1) is 5.10 Å². The van der Waals surface area contributed by atoms with Crippen LogP contribution < -0.4 is 5.73 Å². The third-order valence-corrected chi connectivity index (χ3v) is 2.86. The summed E-state index contributed by atoms with van der Waals surface area (Å²) in [6.07, 6.45) is 2.19. The lowest BCUT2D eigenvalue weighted by Crippen LogP contribution is -2.08. The van der Waals surface area contributed by atoms with Crippen molar-refractivity contribution in [1.82, 2.24) is 25.0 Å². The molecule has 0 aliphatic carbocycles. The van der Waals surface area contributed by atoms with Crippen LogP contribution in [-0.4, -0.2) is 25.0 Å². The van der Waals surface area contributed by atoms with E-state index in [-0.39, 0.29) is 0 Å². The van der Waals surface area contributed by atoms with E-state index in [1.165, 1.54) is 6.33 Å². The number of anilines is 1. The predicted octanol–water partition coefficient (Wildman–Crippen LogP) is 1.36. The maximum Gasteiger partial charge on any atom is 0.164 e. The van der Waals surface area contributed by atoms with Crippen LogP contribution in [0.2, 0.25) is 0 Å². The Balaban J connectivity index is 2.30. The number of rotatable bonds is 2. The molecule has 0 saturated heterocycles. The predicted molar refractivity (Wildman–Crippen MR) is 68.2 cm³/mol. The second-order valence-corrected chi connectivity index (χ2v) is 3.90. The van der Waals surface area contributed by atoms with Gasteiger partial charge in [0.1, 0.15) is 17.7 Å². The smallest absolute Gasteiger partial charge is 0.164 e. The molecule has 0 unspecified atom stereocenters. The molecule has 2 aromatic heterocycles. The maximum atomic E-state index is 5.87. The molecule has 90 valence electrons. The summed E-state index contributed by atoms with van der Waals surface area (Å²) in [7, 11) is 0. The van der Waals surface area contributed by atoms with E-state index >= 15 is 0 Å². The number of fused-ring (bicyclic) bond motifs is 1. The summed E-state index contributed by atoms with van der Waals surface area (Å²) in [6, 6.07) is 7.73. The molecule has 6 heteroatoms. The minimum absolute atomic E-state index is 0.488. The van der Waals surface area contributed by atoms with Crippen LogP contribution in [0.25, 0.3) is 16.9 Å². The Hall–Kier alpha value is -2.50. The van der Waals surface area contributed by atoms with Crippen LogP contribution in [0.3, 0.4) is 0 Å². The van der Waals surface area contributed by atoms with E-state index in [1.54, 1.807) is 4.68 Å². The summed E-state index contributed by atoms with van der Waals surface area (Å²) in [5, 5.41) is 8.25. The Labute approximate surface area is 103 Å². The number of nitrogens with zero attached hydrogens (tertiary/aromatic N) is 5. The number of nitrogens with two attached hydrogens (primary N) is 1. The van der Waals surface area contributed by atoms with Crippen molar-refractivity contribution in [2.75, 3.05) is 5.73 Å². The Morgan fingerprint density at radius 1 is 1.22 bits per heavy atom. The van der Waals surface area contributed by atoms with Gasteiger partial charge in [-0.3, -0.25) is 0 Å². The molecule has 0 fully saturated rings. The van der Waals surface area contributed by atoms with E-state index < -0.39 is 0 Å². The first-order valence-corrected chi connectivity index (χ1v) is 5.71. The van der Waals surface area contributed by atoms with Crippen LogP contribution in [0.1, 0.15) is 12.5 Å². The topological polar surface area (TPSA) is 82.5 Å². The van der Waals surface area contributed by atoms with Crippen molar-refractivity contribution in [3.63, 3.8) is 0 Å². The zero-order valence-corrected chi connectivity index (χ0v) is 9.91. The van der Waals surface area contributed by atoms with Gasteiger partial charge in [0.05, 0.1) is 5.52 Å². The minimum Gasteiger partial charge on any atom is -0.383 e. The molecule has 0 aliphatic rings. The minimum atomic E-state index is 0.488. The van der Waals surface area contributed by atoms with Crippen molar-refractivity contribution in [2.24, 2.45) is 0 Å². The number of aromatic nitrogens is 5. The molecular weight excluding hydrogens is 228 g/mol. The molecule has 2 N–H and O–H groups in total. The van der Waals surface area contributed by atoms with Gasteiger partial charge in [0.25, 0.3) is 0 Å². The first kappa shape index (κ1) is 10.6. The van der Waals surface area contributed by atoms with Gasteiger partial charge in [0, 0.05) is 5.56 Å². The number of para-hydroxylation sites is 1. The molecule has 0 radical (unpaired) electrons. The summed E-state index contributed by atoms with van der Waals surface area (Å²) in [6.45, 7) is 2.01. The van der Waals surface area contributed by atoms with Gasteiger partial charge in [-0.25, -0.2) is 9.97 Å².